The lowest BCUT2D eigenvalue weighted by Crippen LogP contribution is -2.15. The Bertz CT molecular complexity index is 1350. The molecular weight excluding hydrogens is 420 g/mol. The van der Waals surface area contributed by atoms with Gasteiger partial charge in [-0.3, -0.25) is 14.9 Å². The molecule has 4 N–H and O–H groups in total. The lowest BCUT2D eigenvalue weighted by molar-refractivity contribution is -0.117. The number of H-pyrrole nitrogens is 1. The summed E-state index contributed by atoms with van der Waals surface area (Å²) in [6, 6.07) is -0.0363. The van der Waals surface area contributed by atoms with Gasteiger partial charge in [-0.1, -0.05) is 0 Å². The van der Waals surface area contributed by atoms with E-state index in [1.54, 1.807) is 23.0 Å². The van der Waals surface area contributed by atoms with Gasteiger partial charge < -0.3 is 20.1 Å². The summed E-state index contributed by atoms with van der Waals surface area (Å²) >= 11 is 0. The van der Waals surface area contributed by atoms with Crippen LogP contribution in [0, 0.1) is 11.7 Å². The van der Waals surface area contributed by atoms with Gasteiger partial charge in [0.05, 0.1) is 48.0 Å². The maximum Gasteiger partial charge on any atom is 0.231 e. The largest absolute Gasteiger partial charge is 0.392 e. The average molecular weight is 441 g/mol. The Morgan fingerprint density at radius 2 is 2.16 bits per heavy atom. The number of aromatic nitrogens is 5. The van der Waals surface area contributed by atoms with E-state index < -0.39 is 30.4 Å². The summed E-state index contributed by atoms with van der Waals surface area (Å²) in [7, 11) is 0. The number of anilines is 2. The molecule has 0 bridgehead atoms. The number of nitrogens with zero attached hydrogens (tertiary/aromatic N) is 4. The van der Waals surface area contributed by atoms with Gasteiger partial charge in [0.25, 0.3) is 0 Å². The molecule has 32 heavy (non-hydrogen) atoms. The summed E-state index contributed by atoms with van der Waals surface area (Å²) in [5.41, 5.74) is 2.04. The molecule has 3 aromatic heterocycles. The number of aromatic amines is 1. The number of halogens is 2. The molecular formula is C21H21F2N7O2. The van der Waals surface area contributed by atoms with Crippen LogP contribution in [-0.2, 0) is 11.4 Å². The lowest BCUT2D eigenvalue weighted by Gasteiger charge is -2.17. The fraction of sp³-hybridized carbons (Fsp3) is 0.333. The normalized spacial score (nSPS) is 17.9. The number of imidazole rings is 1. The fourth-order valence-corrected chi connectivity index (χ4v) is 3.81. The van der Waals surface area contributed by atoms with Crippen molar-refractivity contribution in [2.45, 2.75) is 39.1 Å². The third kappa shape index (κ3) is 3.34. The topological polar surface area (TPSA) is 120 Å². The van der Waals surface area contributed by atoms with Crippen LogP contribution in [0.1, 0.15) is 25.8 Å². The molecule has 1 aliphatic carbocycles. The van der Waals surface area contributed by atoms with Gasteiger partial charge in [-0.05, 0) is 20.3 Å². The average Bonchev–Trinajstić information content (AvgIpc) is 3.13. The number of aliphatic hydroxyl groups is 1. The molecule has 2 atom stereocenters. The smallest absolute Gasteiger partial charge is 0.231 e. The minimum absolute atomic E-state index is 0.0363. The van der Waals surface area contributed by atoms with Gasteiger partial charge in [-0.15, -0.1) is 0 Å². The number of amides is 1. The lowest BCUT2D eigenvalue weighted by atomic mass is 9.98. The van der Waals surface area contributed by atoms with Gasteiger partial charge in [0.2, 0.25) is 5.91 Å². The van der Waals surface area contributed by atoms with E-state index >= 15 is 4.39 Å². The van der Waals surface area contributed by atoms with Gasteiger partial charge in [0, 0.05) is 28.8 Å². The number of hydrogen-bond donors (Lipinski definition) is 4. The number of aliphatic hydroxyl groups excluding tert-OH is 1. The summed E-state index contributed by atoms with van der Waals surface area (Å²) in [5.74, 6) is -1.35. The third-order valence-electron chi connectivity index (χ3n) is 5.43. The Balaban J connectivity index is 1.59. The summed E-state index contributed by atoms with van der Waals surface area (Å²) < 4.78 is 30.1. The van der Waals surface area contributed by atoms with E-state index in [0.717, 1.165) is 0 Å². The molecule has 9 nitrogen and oxygen atoms in total. The molecule has 1 aliphatic rings. The van der Waals surface area contributed by atoms with Gasteiger partial charge in [0.15, 0.2) is 17.3 Å². The van der Waals surface area contributed by atoms with Crippen LogP contribution in [-0.4, -0.2) is 47.8 Å². The Morgan fingerprint density at radius 3 is 2.84 bits per heavy atom. The summed E-state index contributed by atoms with van der Waals surface area (Å²) in [6.07, 6.45) is 5.36. The molecule has 11 heteroatoms. The zero-order valence-electron chi connectivity index (χ0n) is 17.4. The molecule has 4 aromatic rings. The first-order valence-electron chi connectivity index (χ1n) is 10.2. The minimum atomic E-state index is -1.10. The number of carbonyl (C=O) groups is 1. The van der Waals surface area contributed by atoms with E-state index in [1.165, 1.54) is 6.20 Å². The van der Waals surface area contributed by atoms with Crippen molar-refractivity contribution in [2.75, 3.05) is 10.6 Å². The van der Waals surface area contributed by atoms with Gasteiger partial charge in [-0.2, -0.15) is 5.10 Å². The van der Waals surface area contributed by atoms with Crippen LogP contribution in [0.4, 0.5) is 20.3 Å². The summed E-state index contributed by atoms with van der Waals surface area (Å²) in [4.78, 5) is 20.7. The number of alkyl halides is 1. The SMILES string of the molecule is CC(C)Nc1c(F)c(CO)c(-c2cn3cc(NC(=O)[C@@H]4C[C@@H]4F)nc3cn2)c2cn[nH]c12. The zero-order valence-corrected chi connectivity index (χ0v) is 17.4. The van der Waals surface area contributed by atoms with Crippen molar-refractivity contribution in [1.29, 1.82) is 0 Å². The second kappa shape index (κ2) is 7.52. The summed E-state index contributed by atoms with van der Waals surface area (Å²) in [5, 5.41) is 23.1. The molecule has 166 valence electrons. The van der Waals surface area contributed by atoms with Crippen LogP contribution in [0.25, 0.3) is 27.8 Å². The minimum Gasteiger partial charge on any atom is -0.392 e. The van der Waals surface area contributed by atoms with Gasteiger partial charge >= 0.3 is 0 Å². The molecule has 0 radical (unpaired) electrons. The van der Waals surface area contributed by atoms with Crippen molar-refractivity contribution in [3.63, 3.8) is 0 Å². The highest BCUT2D eigenvalue weighted by atomic mass is 19.1. The van der Waals surface area contributed by atoms with E-state index in [-0.39, 0.29) is 29.5 Å². The van der Waals surface area contributed by atoms with Crippen LogP contribution in [0.2, 0.25) is 0 Å². The van der Waals surface area contributed by atoms with E-state index in [9.17, 15) is 14.3 Å². The number of fused-ring (bicyclic) bond motifs is 2. The highest BCUT2D eigenvalue weighted by molar-refractivity contribution is 6.02. The first kappa shape index (κ1) is 20.3. The monoisotopic (exact) mass is 441 g/mol. The number of rotatable bonds is 6. The van der Waals surface area contributed by atoms with E-state index in [1.807, 2.05) is 13.8 Å². The van der Waals surface area contributed by atoms with Crippen molar-refractivity contribution < 1.29 is 18.7 Å². The van der Waals surface area contributed by atoms with Crippen LogP contribution in [0.15, 0.2) is 24.8 Å². The molecule has 1 aromatic carbocycles. The molecule has 5 rings (SSSR count). The predicted octanol–water partition coefficient (Wildman–Crippen LogP) is 3.02. The van der Waals surface area contributed by atoms with Gasteiger partial charge in [-0.25, -0.2) is 13.8 Å². The Morgan fingerprint density at radius 1 is 1.38 bits per heavy atom. The number of benzene rings is 1. The molecule has 1 fully saturated rings. The van der Waals surface area contributed by atoms with Crippen molar-refractivity contribution in [1.82, 2.24) is 24.6 Å². The highest BCUT2D eigenvalue weighted by Crippen LogP contribution is 2.38. The van der Waals surface area contributed by atoms with E-state index in [4.69, 9.17) is 0 Å². The molecule has 1 saturated carbocycles. The Labute approximate surface area is 180 Å². The molecule has 0 aliphatic heterocycles. The first-order valence-corrected chi connectivity index (χ1v) is 10.2. The maximum atomic E-state index is 15.4. The van der Waals surface area contributed by atoms with Crippen molar-refractivity contribution >= 4 is 34.0 Å². The van der Waals surface area contributed by atoms with Crippen molar-refractivity contribution in [3.05, 3.63) is 36.2 Å². The molecule has 1 amide bonds. The summed E-state index contributed by atoms with van der Waals surface area (Å²) in [6.45, 7) is 3.23. The third-order valence-corrected chi connectivity index (χ3v) is 5.43. The van der Waals surface area contributed by atoms with E-state index in [2.05, 4.69) is 30.8 Å². The van der Waals surface area contributed by atoms with E-state index in [0.29, 0.717) is 27.8 Å². The second-order valence-electron chi connectivity index (χ2n) is 8.17. The molecule has 0 spiro atoms. The first-order chi connectivity index (χ1) is 15.4. The Hall–Kier alpha value is -3.60. The Kier molecular flexibility index (Phi) is 4.77. The standard InChI is InChI=1S/C21H21F2N7O2/c1-9(2)26-20-18(23)12(8-31)17(11-4-25-29-19(11)20)14-6-30-7-15(27-16(30)5-24-14)28-21(32)10-3-13(10)22/h4-7,9-10,13,26,31H,3,8H2,1-2H3,(H,25,29)(H,28,32)/t10-,13+/m1/s1. The highest BCUT2D eigenvalue weighted by Gasteiger charge is 2.43. The van der Waals surface area contributed by atoms with Gasteiger partial charge in [0.1, 0.15) is 6.17 Å². The van der Waals surface area contributed by atoms with Crippen molar-refractivity contribution in [3.8, 4) is 11.3 Å². The van der Waals surface area contributed by atoms with Crippen LogP contribution >= 0.6 is 0 Å². The second-order valence-corrected chi connectivity index (χ2v) is 8.17. The predicted molar refractivity (Wildman–Crippen MR) is 114 cm³/mol. The maximum absolute atomic E-state index is 15.4. The number of carbonyl (C=O) groups excluding carboxylic acids is 1. The number of hydrogen-bond acceptors (Lipinski definition) is 6. The van der Waals surface area contributed by atoms with Crippen LogP contribution in [0.3, 0.4) is 0 Å². The molecule has 0 unspecified atom stereocenters. The number of nitrogens with one attached hydrogen (secondary N) is 3. The molecule has 3 heterocycles. The van der Waals surface area contributed by atoms with Crippen molar-refractivity contribution in [2.24, 2.45) is 5.92 Å². The zero-order chi connectivity index (χ0) is 22.6. The van der Waals surface area contributed by atoms with Crippen LogP contribution < -0.4 is 10.6 Å². The van der Waals surface area contributed by atoms with Crippen LogP contribution in [0.5, 0.6) is 0 Å². The quantitative estimate of drug-likeness (QED) is 0.365. The molecule has 0 saturated heterocycles. The fourth-order valence-electron chi connectivity index (χ4n) is 3.81.